The van der Waals surface area contributed by atoms with Gasteiger partial charge in [-0.05, 0) is 37.3 Å². The Labute approximate surface area is 200 Å². The zero-order valence-corrected chi connectivity index (χ0v) is 19.7. The fourth-order valence-corrected chi connectivity index (χ4v) is 4.77. The number of carbonyl (C=O) groups excluding carboxylic acids is 1. The van der Waals surface area contributed by atoms with Crippen molar-refractivity contribution in [2.24, 2.45) is 0 Å². The molecule has 170 valence electrons. The number of piperazine rings is 1. The van der Waals surface area contributed by atoms with Gasteiger partial charge in [-0.15, -0.1) is 0 Å². The molecule has 5 rings (SSSR count). The molecule has 9 heteroatoms. The Hall–Kier alpha value is -3.03. The first-order valence-corrected chi connectivity index (χ1v) is 11.6. The van der Waals surface area contributed by atoms with Crippen molar-refractivity contribution in [3.63, 3.8) is 0 Å². The van der Waals surface area contributed by atoms with E-state index in [1.165, 1.54) is 10.9 Å². The summed E-state index contributed by atoms with van der Waals surface area (Å²) in [7, 11) is 0. The molecular formula is C24H23Cl2N5O2. The standard InChI is InChI=1S/C24H23Cl2N5O2/c1-15-2-5-19-17(12-15)22-23(28-19)24(33)31(14-27-22)7-6-21(32)30-10-8-29(9-11-30)20-13-16(25)3-4-18(20)26/h2-5,12-14,28H,6-11H2,1H3. The van der Waals surface area contributed by atoms with Crippen molar-refractivity contribution in [1.82, 2.24) is 19.4 Å². The lowest BCUT2D eigenvalue weighted by Crippen LogP contribution is -2.49. The number of hydrogen-bond acceptors (Lipinski definition) is 4. The van der Waals surface area contributed by atoms with E-state index in [-0.39, 0.29) is 24.4 Å². The van der Waals surface area contributed by atoms with Gasteiger partial charge in [0.15, 0.2) is 0 Å². The van der Waals surface area contributed by atoms with Gasteiger partial charge in [0.1, 0.15) is 11.0 Å². The number of halogens is 2. The van der Waals surface area contributed by atoms with E-state index in [9.17, 15) is 9.59 Å². The summed E-state index contributed by atoms with van der Waals surface area (Å²) in [5, 5.41) is 2.21. The number of aromatic nitrogens is 3. The maximum Gasteiger partial charge on any atom is 0.277 e. The Kier molecular flexibility index (Phi) is 5.76. The van der Waals surface area contributed by atoms with Crippen LogP contribution in [0.15, 0.2) is 47.5 Å². The van der Waals surface area contributed by atoms with Gasteiger partial charge in [0.25, 0.3) is 5.56 Å². The summed E-state index contributed by atoms with van der Waals surface area (Å²) in [5.41, 5.74) is 3.84. The van der Waals surface area contributed by atoms with E-state index in [0.29, 0.717) is 47.3 Å². The van der Waals surface area contributed by atoms with Crippen molar-refractivity contribution in [3.05, 3.63) is 68.7 Å². The molecule has 1 aliphatic rings. The van der Waals surface area contributed by atoms with Crippen LogP contribution < -0.4 is 10.5 Å². The minimum absolute atomic E-state index is 0.0195. The second-order valence-electron chi connectivity index (χ2n) is 8.35. The number of nitrogens with zero attached hydrogens (tertiary/aromatic N) is 4. The van der Waals surface area contributed by atoms with E-state index >= 15 is 0 Å². The molecular weight excluding hydrogens is 461 g/mol. The molecule has 3 heterocycles. The third kappa shape index (κ3) is 4.18. The fourth-order valence-electron chi connectivity index (χ4n) is 4.36. The molecule has 1 fully saturated rings. The molecule has 1 aliphatic heterocycles. The topological polar surface area (TPSA) is 74.2 Å². The zero-order valence-electron chi connectivity index (χ0n) is 18.1. The van der Waals surface area contributed by atoms with Gasteiger partial charge in [-0.25, -0.2) is 4.98 Å². The lowest BCUT2D eigenvalue weighted by Gasteiger charge is -2.36. The Morgan fingerprint density at radius 2 is 1.88 bits per heavy atom. The van der Waals surface area contributed by atoms with E-state index in [4.69, 9.17) is 23.2 Å². The van der Waals surface area contributed by atoms with Crippen LogP contribution >= 0.6 is 23.2 Å². The highest BCUT2D eigenvalue weighted by Gasteiger charge is 2.23. The number of hydrogen-bond donors (Lipinski definition) is 1. The smallest absolute Gasteiger partial charge is 0.277 e. The highest BCUT2D eigenvalue weighted by atomic mass is 35.5. The van der Waals surface area contributed by atoms with Gasteiger partial charge < -0.3 is 14.8 Å². The van der Waals surface area contributed by atoms with Gasteiger partial charge in [0, 0.05) is 55.1 Å². The number of nitrogens with one attached hydrogen (secondary N) is 1. The van der Waals surface area contributed by atoms with Crippen LogP contribution in [0.2, 0.25) is 10.0 Å². The number of anilines is 1. The number of carbonyl (C=O) groups is 1. The van der Waals surface area contributed by atoms with Gasteiger partial charge >= 0.3 is 0 Å². The van der Waals surface area contributed by atoms with Crippen LogP contribution in [-0.4, -0.2) is 51.5 Å². The molecule has 0 spiro atoms. The van der Waals surface area contributed by atoms with Crippen LogP contribution in [0.25, 0.3) is 21.9 Å². The molecule has 0 bridgehead atoms. The molecule has 0 radical (unpaired) electrons. The zero-order chi connectivity index (χ0) is 23.1. The van der Waals surface area contributed by atoms with Gasteiger partial charge in [-0.2, -0.15) is 0 Å². The molecule has 7 nitrogen and oxygen atoms in total. The van der Waals surface area contributed by atoms with Crippen molar-refractivity contribution >= 4 is 56.7 Å². The minimum Gasteiger partial charge on any atom is -0.367 e. The average Bonchev–Trinajstić information content (AvgIpc) is 3.19. The molecule has 0 atom stereocenters. The quantitative estimate of drug-likeness (QED) is 0.471. The highest BCUT2D eigenvalue weighted by molar-refractivity contribution is 6.35. The second-order valence-corrected chi connectivity index (χ2v) is 9.20. The summed E-state index contributed by atoms with van der Waals surface area (Å²) in [4.78, 5) is 37.4. The summed E-state index contributed by atoms with van der Waals surface area (Å²) in [6.45, 7) is 4.83. The Bertz CT molecular complexity index is 1420. The van der Waals surface area contributed by atoms with Crippen LogP contribution in [0.3, 0.4) is 0 Å². The summed E-state index contributed by atoms with van der Waals surface area (Å²) >= 11 is 12.4. The molecule has 2 aromatic carbocycles. The number of benzene rings is 2. The fraction of sp³-hybridized carbons (Fsp3) is 0.292. The Morgan fingerprint density at radius 1 is 1.09 bits per heavy atom. The number of fused-ring (bicyclic) bond motifs is 3. The minimum atomic E-state index is -0.165. The van der Waals surface area contributed by atoms with Gasteiger partial charge in [0.2, 0.25) is 5.91 Å². The lowest BCUT2D eigenvalue weighted by molar-refractivity contribution is -0.131. The highest BCUT2D eigenvalue weighted by Crippen LogP contribution is 2.30. The maximum absolute atomic E-state index is 13.0. The summed E-state index contributed by atoms with van der Waals surface area (Å²) in [6.07, 6.45) is 1.77. The second kappa shape index (κ2) is 8.72. The largest absolute Gasteiger partial charge is 0.367 e. The monoisotopic (exact) mass is 483 g/mol. The van der Waals surface area contributed by atoms with Crippen molar-refractivity contribution in [2.75, 3.05) is 31.1 Å². The first-order valence-electron chi connectivity index (χ1n) is 10.9. The molecule has 4 aromatic rings. The van der Waals surface area contributed by atoms with Crippen LogP contribution in [0, 0.1) is 6.92 Å². The van der Waals surface area contributed by atoms with Crippen LogP contribution in [0.4, 0.5) is 5.69 Å². The van der Waals surface area contributed by atoms with E-state index < -0.39 is 0 Å². The van der Waals surface area contributed by atoms with Gasteiger partial charge in [-0.3, -0.25) is 14.2 Å². The molecule has 0 aliphatic carbocycles. The van der Waals surface area contributed by atoms with Crippen LogP contribution in [0.5, 0.6) is 0 Å². The Balaban J connectivity index is 1.25. The third-order valence-electron chi connectivity index (χ3n) is 6.18. The van der Waals surface area contributed by atoms with E-state index in [0.717, 1.165) is 22.2 Å². The summed E-state index contributed by atoms with van der Waals surface area (Å²) in [5.74, 6) is 0.0195. The van der Waals surface area contributed by atoms with Crippen molar-refractivity contribution in [2.45, 2.75) is 19.9 Å². The normalized spacial score (nSPS) is 14.4. The number of aromatic amines is 1. The number of rotatable bonds is 4. The predicted octanol–water partition coefficient (Wildman–Crippen LogP) is 4.23. The number of H-pyrrole nitrogens is 1. The molecule has 1 amide bonds. The van der Waals surface area contributed by atoms with Gasteiger partial charge in [0.05, 0.1) is 17.0 Å². The van der Waals surface area contributed by atoms with Crippen LogP contribution in [0.1, 0.15) is 12.0 Å². The lowest BCUT2D eigenvalue weighted by atomic mass is 10.2. The third-order valence-corrected chi connectivity index (χ3v) is 6.73. The van der Waals surface area contributed by atoms with E-state index in [2.05, 4.69) is 14.9 Å². The van der Waals surface area contributed by atoms with E-state index in [1.54, 1.807) is 12.1 Å². The molecule has 0 unspecified atom stereocenters. The first-order chi connectivity index (χ1) is 15.9. The predicted molar refractivity (Wildman–Crippen MR) is 132 cm³/mol. The van der Waals surface area contributed by atoms with Crippen molar-refractivity contribution in [3.8, 4) is 0 Å². The number of amides is 1. The van der Waals surface area contributed by atoms with Crippen LogP contribution in [-0.2, 0) is 11.3 Å². The average molecular weight is 484 g/mol. The number of aryl methyl sites for hydroxylation is 2. The Morgan fingerprint density at radius 3 is 2.67 bits per heavy atom. The van der Waals surface area contributed by atoms with Gasteiger partial charge in [-0.1, -0.05) is 34.8 Å². The van der Waals surface area contributed by atoms with Crippen molar-refractivity contribution < 1.29 is 4.79 Å². The molecule has 1 saturated heterocycles. The molecule has 33 heavy (non-hydrogen) atoms. The van der Waals surface area contributed by atoms with E-state index in [1.807, 2.05) is 36.1 Å². The summed E-state index contributed by atoms with van der Waals surface area (Å²) in [6, 6.07) is 11.4. The molecule has 2 aromatic heterocycles. The van der Waals surface area contributed by atoms with Crippen molar-refractivity contribution in [1.29, 1.82) is 0 Å². The molecule has 1 N–H and O–H groups in total. The molecule has 0 saturated carbocycles. The SMILES string of the molecule is Cc1ccc2[nH]c3c(=O)n(CCC(=O)N4CCN(c5cc(Cl)ccc5Cl)CC4)cnc3c2c1. The summed E-state index contributed by atoms with van der Waals surface area (Å²) < 4.78 is 1.50. The first kappa shape index (κ1) is 21.8. The maximum atomic E-state index is 13.0.